The molecule has 0 radical (unpaired) electrons. The average molecular weight is 1410 g/mol. The number of nitriles is 1. The number of benzene rings is 8. The number of nitrogens with zero attached hydrogens (tertiary/aromatic N) is 8. The summed E-state index contributed by atoms with van der Waals surface area (Å²) < 4.78 is 57.7. The van der Waals surface area contributed by atoms with E-state index in [1.54, 1.807) is 66.9 Å². The van der Waals surface area contributed by atoms with Gasteiger partial charge in [-0.05, 0) is 203 Å². The lowest BCUT2D eigenvalue weighted by Gasteiger charge is -2.34. The van der Waals surface area contributed by atoms with Gasteiger partial charge in [0.1, 0.15) is 17.2 Å². The molecule has 104 heavy (non-hydrogen) atoms. The van der Waals surface area contributed by atoms with Gasteiger partial charge in [0.05, 0.1) is 59.1 Å². The minimum absolute atomic E-state index is 0.191. The molecular weight excluding hydrogens is 1330 g/mol. The average Bonchev–Trinajstić information content (AvgIpc) is 1.60. The van der Waals surface area contributed by atoms with Crippen LogP contribution in [0.1, 0.15) is 129 Å². The molecule has 0 spiro atoms. The van der Waals surface area contributed by atoms with Crippen molar-refractivity contribution in [3.05, 3.63) is 255 Å². The van der Waals surface area contributed by atoms with Gasteiger partial charge >= 0.3 is 11.9 Å². The number of carboxylic acid groups (broad SMARTS) is 2. The Bertz CT molecular complexity index is 5600. The monoisotopic (exact) mass is 1410 g/mol. The molecule has 0 amide bonds. The van der Waals surface area contributed by atoms with E-state index >= 15 is 0 Å². The zero-order valence-electron chi connectivity index (χ0n) is 57.6. The number of pyridine rings is 1. The van der Waals surface area contributed by atoms with Crippen LogP contribution in [0.4, 0.5) is 8.78 Å². The maximum Gasteiger partial charge on any atom is 0.335 e. The molecule has 4 aromatic heterocycles. The first-order valence-electron chi connectivity index (χ1n) is 34.6. The zero-order valence-corrected chi connectivity index (χ0v) is 58.5. The van der Waals surface area contributed by atoms with Gasteiger partial charge in [0.2, 0.25) is 7.37 Å². The normalized spacial score (nSPS) is 15.6. The number of rotatable bonds is 13. The molecule has 2 fully saturated rings. The molecule has 5 aliphatic heterocycles. The molecule has 5 aliphatic rings. The molecule has 9 heterocycles. The Morgan fingerprint density at radius 3 is 1.52 bits per heavy atom. The number of fused-ring (bicyclic) bond motifs is 6. The van der Waals surface area contributed by atoms with Crippen molar-refractivity contribution in [1.29, 1.82) is 5.26 Å². The molecule has 20 heteroatoms. The van der Waals surface area contributed by atoms with Gasteiger partial charge in [0.25, 0.3) is 0 Å². The van der Waals surface area contributed by atoms with E-state index < -0.39 is 30.3 Å². The van der Waals surface area contributed by atoms with Crippen LogP contribution in [0.5, 0.6) is 0 Å². The molecule has 12 aromatic rings. The van der Waals surface area contributed by atoms with Crippen molar-refractivity contribution >= 4 is 76.0 Å². The molecule has 8 aromatic carbocycles. The Kier molecular flexibility index (Phi) is 18.2. The summed E-state index contributed by atoms with van der Waals surface area (Å²) in [5, 5.41) is 44.0. The van der Waals surface area contributed by atoms with E-state index in [1.165, 1.54) is 42.2 Å². The number of ether oxygens (including phenoxy) is 2. The standard InChI is InChI=1S/C28H23FN2O4.C28H26FN2O3P.C28H24N4O2/c29-21-5-7-22(8-6-21)31-24-14-20-16-30-15-19(20)13-23(24)25(17-1-3-18(4-2-17)27(32)33)26(31)28(34)9-11-35-12-10-28;1-35(32,33)24-8-2-18(3-9-24)27-25-14-20-16-30-17-21(20)15-26(25)31(23-6-4-22(29)5-7-23)28(27)19-10-12-34-13-11-19;1-17-12-22(8-11-31-17)32-24-14-21-16-30-15-20(21)13-23(24)25(26(32)28(2,3)9-10-29)18-4-6-19(7-5-18)27(33)34/h1-8,13-14,16,34H,9-12,15H2,(H,32,33);2-9,14-15,17,19H,10-13,16H2,1H3,(H,32,33);4-8,11-14,16H,9,15H2,1-3H3,(H,33,34). The first-order valence-corrected chi connectivity index (χ1v) is 36.7. The van der Waals surface area contributed by atoms with Crippen LogP contribution in [0.15, 0.2) is 191 Å². The van der Waals surface area contributed by atoms with Crippen LogP contribution in [-0.4, -0.2) is 103 Å². The lowest BCUT2D eigenvalue weighted by molar-refractivity contribution is -0.0708. The smallest absolute Gasteiger partial charge is 0.335 e. The van der Waals surface area contributed by atoms with Gasteiger partial charge in [-0.15, -0.1) is 0 Å². The highest BCUT2D eigenvalue weighted by atomic mass is 31.2. The Morgan fingerprint density at radius 2 is 1.03 bits per heavy atom. The number of aryl methyl sites for hydroxylation is 1. The van der Waals surface area contributed by atoms with Gasteiger partial charge in [0.15, 0.2) is 0 Å². The third-order valence-corrected chi connectivity index (χ3v) is 21.8. The lowest BCUT2D eigenvalue weighted by atomic mass is 9.81. The maximum atomic E-state index is 13.9. The number of aromatic carboxylic acids is 2. The number of aliphatic imine (C=N–C) groups is 3. The number of halogens is 2. The molecule has 0 bridgehead atoms. The van der Waals surface area contributed by atoms with Crippen LogP contribution in [-0.2, 0) is 44.7 Å². The largest absolute Gasteiger partial charge is 0.478 e. The second-order valence-electron chi connectivity index (χ2n) is 27.9. The molecule has 1 unspecified atom stereocenters. The van der Waals surface area contributed by atoms with Crippen molar-refractivity contribution in [2.24, 2.45) is 15.0 Å². The van der Waals surface area contributed by atoms with Crippen molar-refractivity contribution in [3.63, 3.8) is 0 Å². The van der Waals surface area contributed by atoms with Crippen LogP contribution in [0.25, 0.3) is 83.2 Å². The molecular formula is C84H73F2N8O9P. The van der Waals surface area contributed by atoms with Crippen LogP contribution in [0.3, 0.4) is 0 Å². The summed E-state index contributed by atoms with van der Waals surface area (Å²) in [6, 6.07) is 53.3. The number of carbonyl (C=O) groups is 2. The fourth-order valence-corrected chi connectivity index (χ4v) is 16.1. The highest BCUT2D eigenvalue weighted by Crippen LogP contribution is 2.50. The van der Waals surface area contributed by atoms with Crippen LogP contribution in [0.2, 0.25) is 0 Å². The summed E-state index contributed by atoms with van der Waals surface area (Å²) >= 11 is 0. The predicted octanol–water partition coefficient (Wildman–Crippen LogP) is 16.7. The first-order chi connectivity index (χ1) is 50.1. The SMILES string of the molecule is CP(=O)(O)c1ccc(-c2c(C3CCOCC3)n(-c3ccc(F)cc3)c3cc4c(cc23)CN=C4)cc1.Cc1cc(-n2c(C(C)(C)CC#N)c(-c3ccc(C(=O)O)cc3)c3cc4c(cc32)C=NC4)ccn1.O=C(O)c1ccc(-c2c(C3(O)CCOCC3)n(-c3ccc(F)cc3)c3cc4c(cc23)CN=C4)cc1. The van der Waals surface area contributed by atoms with Crippen molar-refractivity contribution in [3.8, 4) is 56.5 Å². The van der Waals surface area contributed by atoms with Crippen LogP contribution in [0, 0.1) is 29.9 Å². The second-order valence-corrected chi connectivity index (χ2v) is 30.2. The lowest BCUT2D eigenvalue weighted by Crippen LogP contribution is -2.35. The summed E-state index contributed by atoms with van der Waals surface area (Å²) in [4.78, 5) is 50.7. The van der Waals surface area contributed by atoms with E-state index in [4.69, 9.17) is 9.47 Å². The third-order valence-electron chi connectivity index (χ3n) is 20.5. The maximum absolute atomic E-state index is 13.9. The molecule has 4 N–H and O–H groups in total. The third kappa shape index (κ3) is 12.9. The van der Waals surface area contributed by atoms with Gasteiger partial charge in [-0.2, -0.15) is 5.26 Å². The molecule has 522 valence electrons. The molecule has 0 saturated carbocycles. The molecule has 2 saturated heterocycles. The fraction of sp³-hybridized carbons (Fsp3) is 0.226. The van der Waals surface area contributed by atoms with Gasteiger partial charge in [-0.25, -0.2) is 18.4 Å². The summed E-state index contributed by atoms with van der Waals surface area (Å²) in [5.74, 6) is -2.30. The topological polar surface area (TPSA) is 239 Å². The second kappa shape index (κ2) is 27.6. The van der Waals surface area contributed by atoms with E-state index in [0.29, 0.717) is 76.3 Å². The quantitative estimate of drug-likeness (QED) is 0.0792. The zero-order chi connectivity index (χ0) is 72.3. The van der Waals surface area contributed by atoms with Crippen molar-refractivity contribution in [2.45, 2.75) is 89.4 Å². The number of hydrogen-bond donors (Lipinski definition) is 4. The highest BCUT2D eigenvalue weighted by molar-refractivity contribution is 7.65. The van der Waals surface area contributed by atoms with Crippen molar-refractivity contribution in [2.75, 3.05) is 33.1 Å². The summed E-state index contributed by atoms with van der Waals surface area (Å²) in [6.07, 6.45) is 10.4. The summed E-state index contributed by atoms with van der Waals surface area (Å²) in [5.41, 5.74) is 20.4. The number of aromatic nitrogens is 4. The van der Waals surface area contributed by atoms with E-state index in [1.807, 2.05) is 78.7 Å². The van der Waals surface area contributed by atoms with E-state index in [-0.39, 0.29) is 28.7 Å². The van der Waals surface area contributed by atoms with Crippen LogP contribution < -0.4 is 5.30 Å². The summed E-state index contributed by atoms with van der Waals surface area (Å²) in [6.45, 7) is 11.6. The molecule has 17 nitrogen and oxygen atoms in total. The molecule has 1 atom stereocenters. The van der Waals surface area contributed by atoms with Crippen molar-refractivity contribution in [1.82, 2.24) is 18.7 Å². The highest BCUT2D eigenvalue weighted by Gasteiger charge is 2.40. The van der Waals surface area contributed by atoms with Gasteiger partial charge in [0, 0.05) is 161 Å². The number of aliphatic hydroxyl groups is 1. The summed E-state index contributed by atoms with van der Waals surface area (Å²) in [7, 11) is -3.35. The first kappa shape index (κ1) is 68.7. The minimum Gasteiger partial charge on any atom is -0.478 e. The number of carboxylic acids is 2. The minimum atomic E-state index is -3.35. The fourth-order valence-electron chi connectivity index (χ4n) is 15.4. The van der Waals surface area contributed by atoms with Crippen molar-refractivity contribution < 1.29 is 52.6 Å². The van der Waals surface area contributed by atoms with E-state index in [9.17, 15) is 48.4 Å². The Labute approximate surface area is 598 Å². The van der Waals surface area contributed by atoms with Gasteiger partial charge in [-0.3, -0.25) is 24.5 Å². The molecule has 0 aliphatic carbocycles. The van der Waals surface area contributed by atoms with E-state index in [0.717, 1.165) is 135 Å². The van der Waals surface area contributed by atoms with Crippen LogP contribution >= 0.6 is 7.37 Å². The van der Waals surface area contributed by atoms with Gasteiger partial charge < -0.3 is 43.4 Å². The molecule has 17 rings (SSSR count). The number of hydrogen-bond acceptors (Lipinski definition) is 11. The predicted molar refractivity (Wildman–Crippen MR) is 402 cm³/mol. The Hall–Kier alpha value is -11.1. The van der Waals surface area contributed by atoms with Gasteiger partial charge in [-0.1, -0.05) is 50.2 Å². The van der Waals surface area contributed by atoms with E-state index in [2.05, 4.69) is 85.4 Å². The Morgan fingerprint density at radius 1 is 0.587 bits per heavy atom. The Balaban J connectivity index is 0.000000126.